The maximum atomic E-state index is 10.1. The molecule has 0 aromatic carbocycles. The minimum atomic E-state index is 0. The number of carbonyl (C=O) groups is 1. The van der Waals surface area contributed by atoms with Crippen LogP contribution in [0.25, 0.3) is 0 Å². The average Bonchev–Trinajstić information content (AvgIpc) is 2.54. The predicted octanol–water partition coefficient (Wildman–Crippen LogP) is 5.24. The predicted molar refractivity (Wildman–Crippen MR) is 99.2 cm³/mol. The van der Waals surface area contributed by atoms with E-state index < -0.39 is 0 Å². The molecule has 0 heterocycles. The molecule has 0 aliphatic carbocycles. The van der Waals surface area contributed by atoms with Gasteiger partial charge in [0, 0.05) is 14.5 Å². The second kappa shape index (κ2) is 25.5. The van der Waals surface area contributed by atoms with Crippen LogP contribution in [0.5, 0.6) is 0 Å². The summed E-state index contributed by atoms with van der Waals surface area (Å²) in [7, 11) is 0. The second-order valence-corrected chi connectivity index (χ2v) is 6.06. The van der Waals surface area contributed by atoms with E-state index in [-0.39, 0.29) is 1.43 Å². The minimum absolute atomic E-state index is 0. The van der Waals surface area contributed by atoms with Gasteiger partial charge in [-0.1, -0.05) is 77.6 Å². The van der Waals surface area contributed by atoms with Crippen molar-refractivity contribution in [2.24, 2.45) is 5.73 Å². The van der Waals surface area contributed by atoms with Crippen LogP contribution in [0.2, 0.25) is 0 Å². The van der Waals surface area contributed by atoms with E-state index in [2.05, 4.69) is 6.92 Å². The molecule has 3 nitrogen and oxygen atoms in total. The molecule has 0 atom stereocenters. The molecular formula is C19H43NO2. The SMILES string of the molecule is CCCCCN.O=CCCCCCCCCCCCCCO.[HH]. The zero-order chi connectivity index (χ0) is 16.7. The van der Waals surface area contributed by atoms with Crippen LogP contribution >= 0.6 is 0 Å². The summed E-state index contributed by atoms with van der Waals surface area (Å²) in [5.74, 6) is 0. The first-order valence-electron chi connectivity index (χ1n) is 9.58. The molecule has 0 saturated heterocycles. The van der Waals surface area contributed by atoms with Crippen LogP contribution in [0.15, 0.2) is 0 Å². The first-order chi connectivity index (χ1) is 10.8. The number of unbranched alkanes of at least 4 members (excludes halogenated alkanes) is 13. The lowest BCUT2D eigenvalue weighted by Gasteiger charge is -2.01. The summed E-state index contributed by atoms with van der Waals surface area (Å²) >= 11 is 0. The molecule has 0 rings (SSSR count). The van der Waals surface area contributed by atoms with Crippen molar-refractivity contribution in [3.8, 4) is 0 Å². The summed E-state index contributed by atoms with van der Waals surface area (Å²) in [6, 6.07) is 0. The van der Waals surface area contributed by atoms with Gasteiger partial charge in [0.1, 0.15) is 6.29 Å². The van der Waals surface area contributed by atoms with Crippen LogP contribution in [0.3, 0.4) is 0 Å². The fraction of sp³-hybridized carbons (Fsp3) is 0.947. The minimum Gasteiger partial charge on any atom is -0.396 e. The highest BCUT2D eigenvalue weighted by Gasteiger charge is 1.93. The molecule has 0 saturated carbocycles. The van der Waals surface area contributed by atoms with Gasteiger partial charge < -0.3 is 15.6 Å². The van der Waals surface area contributed by atoms with Gasteiger partial charge >= 0.3 is 0 Å². The van der Waals surface area contributed by atoms with Crippen molar-refractivity contribution in [2.75, 3.05) is 13.2 Å². The molecule has 0 amide bonds. The van der Waals surface area contributed by atoms with Gasteiger partial charge in [-0.3, -0.25) is 0 Å². The van der Waals surface area contributed by atoms with E-state index in [9.17, 15) is 4.79 Å². The van der Waals surface area contributed by atoms with E-state index in [1.54, 1.807) is 0 Å². The van der Waals surface area contributed by atoms with Gasteiger partial charge in [-0.25, -0.2) is 0 Å². The van der Waals surface area contributed by atoms with Crippen molar-refractivity contribution >= 4 is 6.29 Å². The van der Waals surface area contributed by atoms with Crippen LogP contribution in [0, 0.1) is 0 Å². The van der Waals surface area contributed by atoms with Crippen LogP contribution in [-0.4, -0.2) is 24.5 Å². The summed E-state index contributed by atoms with van der Waals surface area (Å²) in [5, 5.41) is 8.61. The van der Waals surface area contributed by atoms with Gasteiger partial charge in [0.25, 0.3) is 0 Å². The average molecular weight is 318 g/mol. The number of nitrogens with two attached hydrogens (primary N) is 1. The van der Waals surface area contributed by atoms with Crippen LogP contribution in [-0.2, 0) is 4.79 Å². The van der Waals surface area contributed by atoms with Gasteiger partial charge in [-0.2, -0.15) is 0 Å². The molecule has 0 unspecified atom stereocenters. The number of hydrogen-bond donors (Lipinski definition) is 2. The van der Waals surface area contributed by atoms with E-state index in [1.807, 2.05) is 0 Å². The van der Waals surface area contributed by atoms with Crippen molar-refractivity contribution in [1.82, 2.24) is 0 Å². The van der Waals surface area contributed by atoms with E-state index in [1.165, 1.54) is 77.0 Å². The zero-order valence-corrected chi connectivity index (χ0v) is 15.0. The van der Waals surface area contributed by atoms with E-state index in [0.717, 1.165) is 32.1 Å². The van der Waals surface area contributed by atoms with Crippen LogP contribution in [0.4, 0.5) is 0 Å². The number of aliphatic hydroxyl groups excluding tert-OH is 1. The van der Waals surface area contributed by atoms with Gasteiger partial charge in [0.05, 0.1) is 0 Å². The van der Waals surface area contributed by atoms with Gasteiger partial charge in [-0.05, 0) is 25.8 Å². The highest BCUT2D eigenvalue weighted by atomic mass is 16.2. The Bertz CT molecular complexity index is 188. The van der Waals surface area contributed by atoms with Gasteiger partial charge in [0.15, 0.2) is 0 Å². The molecule has 0 fully saturated rings. The Morgan fingerprint density at radius 1 is 0.773 bits per heavy atom. The molecule has 0 spiro atoms. The highest BCUT2D eigenvalue weighted by molar-refractivity contribution is 5.48. The molecule has 0 aromatic heterocycles. The van der Waals surface area contributed by atoms with Crippen molar-refractivity contribution in [1.29, 1.82) is 0 Å². The molecule has 0 radical (unpaired) electrons. The zero-order valence-electron chi connectivity index (χ0n) is 15.0. The Balaban J connectivity index is -0.000000487. The third-order valence-electron chi connectivity index (χ3n) is 3.79. The number of aldehydes is 1. The third kappa shape index (κ3) is 27.9. The Labute approximate surface area is 140 Å². The summed E-state index contributed by atoms with van der Waals surface area (Å²) in [5.41, 5.74) is 5.21. The number of aliphatic hydroxyl groups is 1. The Kier molecular flexibility index (Phi) is 27.7. The van der Waals surface area contributed by atoms with E-state index in [0.29, 0.717) is 6.61 Å². The largest absolute Gasteiger partial charge is 0.396 e. The highest BCUT2D eigenvalue weighted by Crippen LogP contribution is 2.11. The molecule has 136 valence electrons. The fourth-order valence-corrected chi connectivity index (χ4v) is 2.32. The standard InChI is InChI=1S/C14H28O2.C5H13N.H2/c15-13-11-9-7-5-3-1-2-4-6-8-10-12-14-16;1-2-3-4-5-6;/h13,16H,1-12,14H2;2-6H2,1H3;1H. The first-order valence-corrected chi connectivity index (χ1v) is 9.58. The maximum absolute atomic E-state index is 10.1. The molecule has 22 heavy (non-hydrogen) atoms. The topological polar surface area (TPSA) is 63.3 Å². The second-order valence-electron chi connectivity index (χ2n) is 6.06. The summed E-state index contributed by atoms with van der Waals surface area (Å²) < 4.78 is 0. The molecule has 0 bridgehead atoms. The lowest BCUT2D eigenvalue weighted by atomic mass is 10.1. The number of rotatable bonds is 16. The Hall–Kier alpha value is -0.410. The molecule has 0 aromatic rings. The first kappa shape index (κ1) is 23.9. The van der Waals surface area contributed by atoms with Gasteiger partial charge in [0.2, 0.25) is 0 Å². The quantitative estimate of drug-likeness (QED) is 0.302. The summed E-state index contributed by atoms with van der Waals surface area (Å²) in [6.07, 6.45) is 19.2. The summed E-state index contributed by atoms with van der Waals surface area (Å²) in [4.78, 5) is 10.1. The molecule has 3 N–H and O–H groups in total. The lowest BCUT2D eigenvalue weighted by Crippen LogP contribution is -1.96. The van der Waals surface area contributed by atoms with Crippen LogP contribution < -0.4 is 5.73 Å². The maximum Gasteiger partial charge on any atom is 0.119 e. The third-order valence-corrected chi connectivity index (χ3v) is 3.79. The van der Waals surface area contributed by atoms with Gasteiger partial charge in [-0.15, -0.1) is 0 Å². The van der Waals surface area contributed by atoms with Crippen molar-refractivity contribution in [3.63, 3.8) is 0 Å². The number of hydrogen-bond acceptors (Lipinski definition) is 3. The Morgan fingerprint density at radius 3 is 1.55 bits per heavy atom. The van der Waals surface area contributed by atoms with E-state index in [4.69, 9.17) is 10.8 Å². The molecular weight excluding hydrogens is 274 g/mol. The molecule has 0 aliphatic heterocycles. The smallest absolute Gasteiger partial charge is 0.119 e. The fourth-order valence-electron chi connectivity index (χ4n) is 2.32. The lowest BCUT2D eigenvalue weighted by molar-refractivity contribution is -0.107. The van der Waals surface area contributed by atoms with Crippen molar-refractivity contribution in [3.05, 3.63) is 0 Å². The van der Waals surface area contributed by atoms with E-state index >= 15 is 0 Å². The Morgan fingerprint density at radius 2 is 1.23 bits per heavy atom. The molecule has 0 aliphatic rings. The van der Waals surface area contributed by atoms with Crippen LogP contribution in [0.1, 0.15) is 105 Å². The normalized spacial score (nSPS) is 10.1. The monoisotopic (exact) mass is 317 g/mol. The van der Waals surface area contributed by atoms with Crippen molar-refractivity contribution in [2.45, 2.75) is 103 Å². The van der Waals surface area contributed by atoms with Crippen molar-refractivity contribution < 1.29 is 11.3 Å². The molecule has 3 heteroatoms. The summed E-state index contributed by atoms with van der Waals surface area (Å²) in [6.45, 7) is 3.38. The number of carbonyl (C=O) groups excluding carboxylic acids is 1.